The van der Waals surface area contributed by atoms with Gasteiger partial charge < -0.3 is 14.8 Å². The van der Waals surface area contributed by atoms with E-state index >= 15 is 0 Å². The van der Waals surface area contributed by atoms with E-state index in [1.54, 1.807) is 0 Å². The van der Waals surface area contributed by atoms with Crippen LogP contribution in [0, 0.1) is 6.92 Å². The Morgan fingerprint density at radius 1 is 1.00 bits per heavy atom. The van der Waals surface area contributed by atoms with Crippen molar-refractivity contribution in [3.8, 4) is 11.5 Å². The van der Waals surface area contributed by atoms with Crippen LogP contribution in [0.3, 0.4) is 0 Å². The van der Waals surface area contributed by atoms with Gasteiger partial charge in [-0.3, -0.25) is 14.6 Å². The van der Waals surface area contributed by atoms with Crippen LogP contribution in [0.2, 0.25) is 0 Å². The SMILES string of the molecule is Cc1cccc(NC(=O)CN2CCN(Cc3ccc4c(c3)OCO4)CC2)c1. The van der Waals surface area contributed by atoms with Crippen LogP contribution >= 0.6 is 0 Å². The zero-order chi connectivity index (χ0) is 18.6. The fourth-order valence-corrected chi connectivity index (χ4v) is 3.53. The number of fused-ring (bicyclic) bond motifs is 1. The van der Waals surface area contributed by atoms with Crippen molar-refractivity contribution in [3.05, 3.63) is 53.6 Å². The summed E-state index contributed by atoms with van der Waals surface area (Å²) in [6, 6.07) is 14.0. The van der Waals surface area contributed by atoms with E-state index in [1.165, 1.54) is 5.56 Å². The maximum atomic E-state index is 12.3. The van der Waals surface area contributed by atoms with Gasteiger partial charge in [-0.25, -0.2) is 0 Å². The van der Waals surface area contributed by atoms with E-state index in [0.29, 0.717) is 13.3 Å². The van der Waals surface area contributed by atoms with Gasteiger partial charge in [-0.15, -0.1) is 0 Å². The van der Waals surface area contributed by atoms with E-state index in [4.69, 9.17) is 9.47 Å². The van der Waals surface area contributed by atoms with Crippen molar-refractivity contribution in [2.45, 2.75) is 13.5 Å². The molecule has 0 aromatic heterocycles. The number of ether oxygens (including phenoxy) is 2. The maximum Gasteiger partial charge on any atom is 0.238 e. The zero-order valence-corrected chi connectivity index (χ0v) is 15.6. The molecule has 0 atom stereocenters. The second kappa shape index (κ2) is 7.98. The molecule has 2 heterocycles. The molecule has 4 rings (SSSR count). The Morgan fingerprint density at radius 2 is 1.78 bits per heavy atom. The van der Waals surface area contributed by atoms with Crippen LogP contribution in [0.1, 0.15) is 11.1 Å². The van der Waals surface area contributed by atoms with E-state index in [1.807, 2.05) is 37.3 Å². The Kier molecular flexibility index (Phi) is 5.27. The van der Waals surface area contributed by atoms with Crippen LogP contribution in [0.15, 0.2) is 42.5 Å². The van der Waals surface area contributed by atoms with Crippen molar-refractivity contribution in [1.82, 2.24) is 9.80 Å². The number of rotatable bonds is 5. The Balaban J connectivity index is 1.23. The number of amides is 1. The quantitative estimate of drug-likeness (QED) is 0.880. The number of hydrogen-bond donors (Lipinski definition) is 1. The molecule has 2 aliphatic rings. The molecule has 142 valence electrons. The highest BCUT2D eigenvalue weighted by atomic mass is 16.7. The van der Waals surface area contributed by atoms with Crippen LogP contribution in [0.5, 0.6) is 11.5 Å². The third-order valence-corrected chi connectivity index (χ3v) is 4.98. The van der Waals surface area contributed by atoms with E-state index in [0.717, 1.165) is 55.5 Å². The average Bonchev–Trinajstić information content (AvgIpc) is 3.11. The summed E-state index contributed by atoms with van der Waals surface area (Å²) in [7, 11) is 0. The maximum absolute atomic E-state index is 12.3. The molecule has 0 aliphatic carbocycles. The van der Waals surface area contributed by atoms with Gasteiger partial charge in [0.1, 0.15) is 0 Å². The van der Waals surface area contributed by atoms with E-state index < -0.39 is 0 Å². The molecule has 2 aromatic rings. The normalized spacial score (nSPS) is 17.1. The lowest BCUT2D eigenvalue weighted by molar-refractivity contribution is -0.117. The fraction of sp³-hybridized carbons (Fsp3) is 0.381. The van der Waals surface area contributed by atoms with Crippen molar-refractivity contribution in [2.75, 3.05) is 44.8 Å². The topological polar surface area (TPSA) is 54.0 Å². The largest absolute Gasteiger partial charge is 0.454 e. The number of anilines is 1. The molecule has 6 nitrogen and oxygen atoms in total. The summed E-state index contributed by atoms with van der Waals surface area (Å²) in [5.41, 5.74) is 3.23. The standard InChI is InChI=1S/C21H25N3O3/c1-16-3-2-4-18(11-16)22-21(25)14-24-9-7-23(8-10-24)13-17-5-6-19-20(12-17)27-15-26-19/h2-6,11-12H,7-10,13-15H2,1H3,(H,22,25). The lowest BCUT2D eigenvalue weighted by Gasteiger charge is -2.34. The van der Waals surface area contributed by atoms with Crippen LogP contribution in [0.25, 0.3) is 0 Å². The Labute approximate surface area is 159 Å². The summed E-state index contributed by atoms with van der Waals surface area (Å²) in [6.07, 6.45) is 0. The van der Waals surface area contributed by atoms with Gasteiger partial charge in [0, 0.05) is 38.4 Å². The first-order valence-corrected chi connectivity index (χ1v) is 9.35. The average molecular weight is 367 g/mol. The van der Waals surface area contributed by atoms with Crippen molar-refractivity contribution in [2.24, 2.45) is 0 Å². The van der Waals surface area contributed by atoms with Crippen molar-refractivity contribution in [3.63, 3.8) is 0 Å². The summed E-state index contributed by atoms with van der Waals surface area (Å²) in [4.78, 5) is 16.9. The van der Waals surface area contributed by atoms with Crippen molar-refractivity contribution >= 4 is 11.6 Å². The highest BCUT2D eigenvalue weighted by molar-refractivity contribution is 5.92. The molecule has 27 heavy (non-hydrogen) atoms. The molecule has 1 fully saturated rings. The molecule has 1 saturated heterocycles. The van der Waals surface area contributed by atoms with Gasteiger partial charge in [0.05, 0.1) is 6.54 Å². The summed E-state index contributed by atoms with van der Waals surface area (Å²) in [5, 5.41) is 2.99. The highest BCUT2D eigenvalue weighted by Crippen LogP contribution is 2.32. The third-order valence-electron chi connectivity index (χ3n) is 4.98. The molecule has 0 saturated carbocycles. The van der Waals surface area contributed by atoms with Gasteiger partial charge in [0.25, 0.3) is 0 Å². The predicted octanol–water partition coefficient (Wildman–Crippen LogP) is 2.48. The summed E-state index contributed by atoms with van der Waals surface area (Å²) in [5.74, 6) is 1.70. The summed E-state index contributed by atoms with van der Waals surface area (Å²) >= 11 is 0. The second-order valence-electron chi connectivity index (χ2n) is 7.16. The lowest BCUT2D eigenvalue weighted by Crippen LogP contribution is -2.48. The second-order valence-corrected chi connectivity index (χ2v) is 7.16. The number of nitrogens with one attached hydrogen (secondary N) is 1. The van der Waals surface area contributed by atoms with Crippen LogP contribution in [-0.2, 0) is 11.3 Å². The molecular formula is C21H25N3O3. The molecule has 0 bridgehead atoms. The molecule has 0 unspecified atom stereocenters. The van der Waals surface area contributed by atoms with Crippen molar-refractivity contribution in [1.29, 1.82) is 0 Å². The van der Waals surface area contributed by atoms with E-state index in [9.17, 15) is 4.79 Å². The fourth-order valence-electron chi connectivity index (χ4n) is 3.53. The molecule has 0 radical (unpaired) electrons. The van der Waals surface area contributed by atoms with Crippen molar-refractivity contribution < 1.29 is 14.3 Å². The summed E-state index contributed by atoms with van der Waals surface area (Å²) < 4.78 is 10.8. The van der Waals surface area contributed by atoms with Gasteiger partial charge in [-0.2, -0.15) is 0 Å². The Morgan fingerprint density at radius 3 is 2.59 bits per heavy atom. The van der Waals surface area contributed by atoms with Crippen LogP contribution in [-0.4, -0.2) is 55.2 Å². The molecule has 6 heteroatoms. The number of nitrogens with zero attached hydrogens (tertiary/aromatic N) is 2. The number of piperazine rings is 1. The van der Waals surface area contributed by atoms with E-state index in [-0.39, 0.29) is 5.91 Å². The van der Waals surface area contributed by atoms with Gasteiger partial charge in [-0.05, 0) is 42.3 Å². The number of benzene rings is 2. The molecule has 1 amide bonds. The zero-order valence-electron chi connectivity index (χ0n) is 15.6. The number of carbonyl (C=O) groups is 1. The Hall–Kier alpha value is -2.57. The van der Waals surface area contributed by atoms with E-state index in [2.05, 4.69) is 27.2 Å². The third kappa shape index (κ3) is 4.59. The molecule has 1 N–H and O–H groups in total. The Bertz CT molecular complexity index is 816. The lowest BCUT2D eigenvalue weighted by atomic mass is 10.1. The van der Waals surface area contributed by atoms with Gasteiger partial charge in [-0.1, -0.05) is 18.2 Å². The molecule has 2 aliphatic heterocycles. The minimum Gasteiger partial charge on any atom is -0.454 e. The van der Waals surface area contributed by atoms with Gasteiger partial charge in [0.2, 0.25) is 12.7 Å². The highest BCUT2D eigenvalue weighted by Gasteiger charge is 2.20. The monoisotopic (exact) mass is 367 g/mol. The molecule has 0 spiro atoms. The van der Waals surface area contributed by atoms with Crippen LogP contribution < -0.4 is 14.8 Å². The number of aryl methyl sites for hydroxylation is 1. The van der Waals surface area contributed by atoms with Gasteiger partial charge in [0.15, 0.2) is 11.5 Å². The minimum absolute atomic E-state index is 0.0461. The molecule has 2 aromatic carbocycles. The van der Waals surface area contributed by atoms with Crippen LogP contribution in [0.4, 0.5) is 5.69 Å². The first-order chi connectivity index (χ1) is 13.2. The molecular weight excluding hydrogens is 342 g/mol. The first kappa shape index (κ1) is 17.8. The number of hydrogen-bond acceptors (Lipinski definition) is 5. The van der Waals surface area contributed by atoms with Gasteiger partial charge >= 0.3 is 0 Å². The smallest absolute Gasteiger partial charge is 0.238 e. The summed E-state index contributed by atoms with van der Waals surface area (Å²) in [6.45, 7) is 7.35. The first-order valence-electron chi connectivity index (χ1n) is 9.35. The number of carbonyl (C=O) groups excluding carboxylic acids is 1. The predicted molar refractivity (Wildman–Crippen MR) is 104 cm³/mol. The minimum atomic E-state index is 0.0461.